The van der Waals surface area contributed by atoms with E-state index >= 15 is 0 Å². The molecule has 32 heavy (non-hydrogen) atoms. The van der Waals surface area contributed by atoms with Crippen molar-refractivity contribution in [2.75, 3.05) is 13.2 Å². The van der Waals surface area contributed by atoms with E-state index in [1.807, 2.05) is 36.4 Å². The van der Waals surface area contributed by atoms with Gasteiger partial charge in [-0.3, -0.25) is 14.7 Å². The Bertz CT molecular complexity index is 1000. The second-order valence-electron chi connectivity index (χ2n) is 7.95. The molecule has 0 saturated carbocycles. The molecule has 1 aromatic heterocycles. The monoisotopic (exact) mass is 430 g/mol. The maximum atomic E-state index is 12.7. The second kappa shape index (κ2) is 11.9. The molecule has 0 aliphatic carbocycles. The van der Waals surface area contributed by atoms with Gasteiger partial charge in [0.05, 0.1) is 5.56 Å². The van der Waals surface area contributed by atoms with Crippen LogP contribution in [0.15, 0.2) is 85.2 Å². The van der Waals surface area contributed by atoms with E-state index < -0.39 is 6.10 Å². The summed E-state index contributed by atoms with van der Waals surface area (Å²) in [5.41, 5.74) is 2.51. The summed E-state index contributed by atoms with van der Waals surface area (Å²) in [5.74, 6) is 0.304. The number of hydrogen-bond donors (Lipinski definition) is 1. The van der Waals surface area contributed by atoms with Gasteiger partial charge in [-0.1, -0.05) is 48.5 Å². The lowest BCUT2D eigenvalue weighted by atomic mass is 10.1. The average molecular weight is 431 g/mol. The van der Waals surface area contributed by atoms with Crippen LogP contribution in [0.2, 0.25) is 0 Å². The number of hydrogen-bond acceptors (Lipinski definition) is 5. The molecule has 3 rings (SSSR count). The molecule has 1 N–H and O–H groups in total. The zero-order chi connectivity index (χ0) is 22.8. The van der Waals surface area contributed by atoms with Crippen LogP contribution in [0.3, 0.4) is 0 Å². The highest BCUT2D eigenvalue weighted by molar-refractivity contribution is 6.08. The molecule has 0 amide bonds. The first-order valence-electron chi connectivity index (χ1n) is 10.8. The quantitative estimate of drug-likeness (QED) is 0.355. The summed E-state index contributed by atoms with van der Waals surface area (Å²) in [5, 5.41) is 10.6. The highest BCUT2D eigenvalue weighted by atomic mass is 16.5. The molecule has 0 saturated heterocycles. The minimum Gasteiger partial charge on any atom is -0.490 e. The van der Waals surface area contributed by atoms with Crippen LogP contribution >= 0.6 is 0 Å². The number of para-hydroxylation sites is 1. The number of aliphatic hydroxyl groups is 1. The second-order valence-corrected chi connectivity index (χ2v) is 7.95. The summed E-state index contributed by atoms with van der Waals surface area (Å²) >= 11 is 0. The van der Waals surface area contributed by atoms with Gasteiger partial charge in [0.25, 0.3) is 0 Å². The van der Waals surface area contributed by atoms with Gasteiger partial charge in [0.2, 0.25) is 0 Å². The standard InChI is InChI=1S/C27H30N2O3/c1-21(2)29(18-23-9-4-3-5-10-23)19-24(30)20-32-27-13-7-6-12-25(27)26(31)15-14-22-11-8-16-28-17-22/h3-17,21,24,30H,18-20H2,1-2H3. The fourth-order valence-corrected chi connectivity index (χ4v) is 3.32. The third-order valence-corrected chi connectivity index (χ3v) is 5.10. The Kier molecular flexibility index (Phi) is 8.72. The van der Waals surface area contributed by atoms with Crippen molar-refractivity contribution in [1.29, 1.82) is 0 Å². The number of ether oxygens (including phenoxy) is 1. The molecule has 1 atom stereocenters. The van der Waals surface area contributed by atoms with E-state index in [1.54, 1.807) is 36.7 Å². The molecule has 0 spiro atoms. The van der Waals surface area contributed by atoms with Crippen LogP contribution in [0.4, 0.5) is 0 Å². The molecule has 5 nitrogen and oxygen atoms in total. The molecule has 5 heteroatoms. The lowest BCUT2D eigenvalue weighted by Gasteiger charge is -2.29. The molecule has 0 aliphatic heterocycles. The van der Waals surface area contributed by atoms with Gasteiger partial charge in [-0.25, -0.2) is 0 Å². The van der Waals surface area contributed by atoms with E-state index in [1.165, 1.54) is 11.6 Å². The van der Waals surface area contributed by atoms with Gasteiger partial charge in [-0.05, 0) is 55.3 Å². The lowest BCUT2D eigenvalue weighted by molar-refractivity contribution is 0.0539. The number of carbonyl (C=O) groups is 1. The number of allylic oxidation sites excluding steroid dienone is 1. The summed E-state index contributed by atoms with van der Waals surface area (Å²) in [7, 11) is 0. The van der Waals surface area contributed by atoms with Gasteiger partial charge in [0.15, 0.2) is 5.78 Å². The molecule has 0 fully saturated rings. The van der Waals surface area contributed by atoms with Crippen LogP contribution in [-0.2, 0) is 6.54 Å². The van der Waals surface area contributed by atoms with E-state index in [0.717, 1.165) is 12.1 Å². The van der Waals surface area contributed by atoms with Crippen molar-refractivity contribution < 1.29 is 14.6 Å². The zero-order valence-corrected chi connectivity index (χ0v) is 18.6. The molecule has 0 bridgehead atoms. The maximum Gasteiger partial charge on any atom is 0.189 e. The molecule has 2 aromatic carbocycles. The number of nitrogens with zero attached hydrogens (tertiary/aromatic N) is 2. The Morgan fingerprint density at radius 3 is 2.53 bits per heavy atom. The van der Waals surface area contributed by atoms with Crippen molar-refractivity contribution in [3.63, 3.8) is 0 Å². The Morgan fingerprint density at radius 1 is 1.06 bits per heavy atom. The molecule has 166 valence electrons. The van der Waals surface area contributed by atoms with Gasteiger partial charge in [0, 0.05) is 31.5 Å². The van der Waals surface area contributed by atoms with Gasteiger partial charge in [-0.2, -0.15) is 0 Å². The van der Waals surface area contributed by atoms with Crippen LogP contribution in [0.1, 0.15) is 35.3 Å². The van der Waals surface area contributed by atoms with Gasteiger partial charge in [0.1, 0.15) is 18.5 Å². The Hall–Kier alpha value is -3.28. The van der Waals surface area contributed by atoms with Crippen molar-refractivity contribution in [2.24, 2.45) is 0 Å². The number of aromatic nitrogens is 1. The molecule has 1 unspecified atom stereocenters. The maximum absolute atomic E-state index is 12.7. The minimum atomic E-state index is -0.685. The number of aliphatic hydroxyl groups excluding tert-OH is 1. The highest BCUT2D eigenvalue weighted by Gasteiger charge is 2.17. The van der Waals surface area contributed by atoms with Crippen LogP contribution in [0.25, 0.3) is 6.08 Å². The van der Waals surface area contributed by atoms with Crippen LogP contribution in [0, 0.1) is 0 Å². The minimum absolute atomic E-state index is 0.106. The smallest absolute Gasteiger partial charge is 0.189 e. The predicted molar refractivity (Wildman–Crippen MR) is 128 cm³/mol. The number of pyridine rings is 1. The normalized spacial score (nSPS) is 12.4. The molecule has 3 aromatic rings. The molecular weight excluding hydrogens is 400 g/mol. The Balaban J connectivity index is 1.60. The number of benzene rings is 2. The summed E-state index contributed by atoms with van der Waals surface area (Å²) in [6.45, 7) is 5.56. The van der Waals surface area contributed by atoms with Crippen molar-refractivity contribution in [3.05, 3.63) is 102 Å². The molecule has 0 aliphatic rings. The summed E-state index contributed by atoms with van der Waals surface area (Å²) < 4.78 is 5.86. The Labute approximate surface area is 190 Å². The number of ketones is 1. The molecular formula is C27H30N2O3. The first kappa shape index (κ1) is 23.4. The van der Waals surface area contributed by atoms with Crippen molar-refractivity contribution in [1.82, 2.24) is 9.88 Å². The van der Waals surface area contributed by atoms with Gasteiger partial charge in [-0.15, -0.1) is 0 Å². The van der Waals surface area contributed by atoms with E-state index in [2.05, 4.69) is 35.9 Å². The predicted octanol–water partition coefficient (Wildman–Crippen LogP) is 4.63. The van der Waals surface area contributed by atoms with Crippen LogP contribution < -0.4 is 4.74 Å². The first-order chi connectivity index (χ1) is 15.5. The van der Waals surface area contributed by atoms with E-state index in [-0.39, 0.29) is 18.4 Å². The largest absolute Gasteiger partial charge is 0.490 e. The van der Waals surface area contributed by atoms with Crippen molar-refractivity contribution in [2.45, 2.75) is 32.5 Å². The van der Waals surface area contributed by atoms with Crippen molar-refractivity contribution >= 4 is 11.9 Å². The van der Waals surface area contributed by atoms with Crippen molar-refractivity contribution in [3.8, 4) is 5.75 Å². The Morgan fingerprint density at radius 2 is 1.81 bits per heavy atom. The van der Waals surface area contributed by atoms with E-state index in [4.69, 9.17) is 4.74 Å². The summed E-state index contributed by atoms with van der Waals surface area (Å²) in [6.07, 6.45) is 5.93. The number of rotatable bonds is 11. The third kappa shape index (κ3) is 7.15. The fourth-order valence-electron chi connectivity index (χ4n) is 3.32. The zero-order valence-electron chi connectivity index (χ0n) is 18.6. The lowest BCUT2D eigenvalue weighted by Crippen LogP contribution is -2.39. The van der Waals surface area contributed by atoms with E-state index in [0.29, 0.717) is 17.9 Å². The average Bonchev–Trinajstić information content (AvgIpc) is 2.82. The summed E-state index contributed by atoms with van der Waals surface area (Å²) in [4.78, 5) is 18.9. The fraction of sp³-hybridized carbons (Fsp3) is 0.259. The van der Waals surface area contributed by atoms with Crippen LogP contribution in [-0.4, -0.2) is 46.1 Å². The number of carbonyl (C=O) groups excluding carboxylic acids is 1. The molecule has 0 radical (unpaired) electrons. The topological polar surface area (TPSA) is 62.7 Å². The summed E-state index contributed by atoms with van der Waals surface area (Å²) in [6, 6.07) is 21.3. The SMILES string of the molecule is CC(C)N(Cc1ccccc1)CC(O)COc1ccccc1C(=O)C=Cc1cccnc1. The van der Waals surface area contributed by atoms with Crippen LogP contribution in [0.5, 0.6) is 5.75 Å². The third-order valence-electron chi connectivity index (χ3n) is 5.10. The van der Waals surface area contributed by atoms with Gasteiger partial charge < -0.3 is 9.84 Å². The van der Waals surface area contributed by atoms with E-state index in [9.17, 15) is 9.90 Å². The first-order valence-corrected chi connectivity index (χ1v) is 10.8. The van der Waals surface area contributed by atoms with Gasteiger partial charge >= 0.3 is 0 Å². The molecule has 1 heterocycles. The highest BCUT2D eigenvalue weighted by Crippen LogP contribution is 2.20.